The van der Waals surface area contributed by atoms with Crippen molar-refractivity contribution in [1.29, 1.82) is 0 Å². The molecule has 0 bridgehead atoms. The van der Waals surface area contributed by atoms with Gasteiger partial charge in [-0.15, -0.1) is 12.4 Å². The number of likely N-dealkylation sites (tertiary alicyclic amines) is 1. The number of nitrogens with one attached hydrogen (secondary N) is 1. The van der Waals surface area contributed by atoms with Crippen molar-refractivity contribution >= 4 is 12.4 Å². The van der Waals surface area contributed by atoms with Crippen molar-refractivity contribution in [2.24, 2.45) is 11.8 Å². The molecule has 2 fully saturated rings. The fourth-order valence-electron chi connectivity index (χ4n) is 3.37. The fourth-order valence-corrected chi connectivity index (χ4v) is 3.37. The summed E-state index contributed by atoms with van der Waals surface area (Å²) < 4.78 is 0. The number of aliphatic hydroxyl groups excluding tert-OH is 1. The van der Waals surface area contributed by atoms with Gasteiger partial charge in [-0.05, 0) is 64.1 Å². The number of nitrogens with zero attached hydrogens (tertiary/aromatic N) is 1. The maximum Gasteiger partial charge on any atom is 0.0667 e. The number of hydrogen-bond acceptors (Lipinski definition) is 3. The number of halogens is 1. The normalized spacial score (nSPS) is 35.8. The van der Waals surface area contributed by atoms with Crippen molar-refractivity contribution in [3.63, 3.8) is 0 Å². The van der Waals surface area contributed by atoms with Gasteiger partial charge in [0.15, 0.2) is 0 Å². The zero-order valence-electron chi connectivity index (χ0n) is 11.8. The zero-order chi connectivity index (χ0) is 12.3. The smallest absolute Gasteiger partial charge is 0.0667 e. The van der Waals surface area contributed by atoms with Crippen LogP contribution in [-0.2, 0) is 0 Å². The summed E-state index contributed by atoms with van der Waals surface area (Å²) in [5, 5.41) is 13.4. The predicted octanol–water partition coefficient (Wildman–Crippen LogP) is 1.89. The molecule has 4 atom stereocenters. The van der Waals surface area contributed by atoms with Crippen LogP contribution in [0.4, 0.5) is 0 Å². The van der Waals surface area contributed by atoms with Crippen molar-refractivity contribution in [2.45, 2.75) is 51.7 Å². The van der Waals surface area contributed by atoms with Crippen LogP contribution in [0.15, 0.2) is 0 Å². The molecule has 2 aliphatic heterocycles. The van der Waals surface area contributed by atoms with E-state index in [9.17, 15) is 5.11 Å². The molecular weight excluding hydrogens is 248 g/mol. The Hall–Kier alpha value is 0.170. The Balaban J connectivity index is 0.00000162. The Morgan fingerprint density at radius 2 is 2.17 bits per heavy atom. The SMILES string of the molecule is CC1CCN(CC2CCCNC2)C(C(C)O)C1.Cl. The molecule has 4 unspecified atom stereocenters. The highest BCUT2D eigenvalue weighted by Crippen LogP contribution is 2.26. The monoisotopic (exact) mass is 276 g/mol. The van der Waals surface area contributed by atoms with Gasteiger partial charge in [-0.3, -0.25) is 4.90 Å². The van der Waals surface area contributed by atoms with E-state index in [4.69, 9.17) is 0 Å². The first-order valence-corrected chi connectivity index (χ1v) is 7.29. The van der Waals surface area contributed by atoms with Crippen LogP contribution >= 0.6 is 12.4 Å². The number of aliphatic hydroxyl groups is 1. The largest absolute Gasteiger partial charge is 0.392 e. The van der Waals surface area contributed by atoms with Gasteiger partial charge in [0.2, 0.25) is 0 Å². The van der Waals surface area contributed by atoms with E-state index >= 15 is 0 Å². The maximum absolute atomic E-state index is 9.94. The summed E-state index contributed by atoms with van der Waals surface area (Å²) in [5.74, 6) is 1.56. The third-order valence-corrected chi connectivity index (χ3v) is 4.47. The Bertz CT molecular complexity index is 232. The summed E-state index contributed by atoms with van der Waals surface area (Å²) in [7, 11) is 0. The second kappa shape index (κ2) is 7.68. The quantitative estimate of drug-likeness (QED) is 0.826. The molecular formula is C14H29ClN2O. The Morgan fingerprint density at radius 1 is 1.39 bits per heavy atom. The zero-order valence-corrected chi connectivity index (χ0v) is 12.6. The van der Waals surface area contributed by atoms with Crippen LogP contribution in [0.1, 0.15) is 39.5 Å². The molecule has 3 nitrogen and oxygen atoms in total. The van der Waals surface area contributed by atoms with E-state index in [1.165, 1.54) is 45.4 Å². The number of hydrogen-bond donors (Lipinski definition) is 2. The van der Waals surface area contributed by atoms with Crippen LogP contribution in [0.25, 0.3) is 0 Å². The van der Waals surface area contributed by atoms with Gasteiger partial charge < -0.3 is 10.4 Å². The lowest BCUT2D eigenvalue weighted by Gasteiger charge is -2.42. The molecule has 0 aromatic rings. The second-order valence-electron chi connectivity index (χ2n) is 6.14. The topological polar surface area (TPSA) is 35.5 Å². The first-order chi connectivity index (χ1) is 8.16. The molecule has 18 heavy (non-hydrogen) atoms. The standard InChI is InChI=1S/C14H28N2O.ClH/c1-11-5-7-16(14(8-11)12(2)17)10-13-4-3-6-15-9-13;/h11-15,17H,3-10H2,1-2H3;1H. The van der Waals surface area contributed by atoms with Crippen LogP contribution < -0.4 is 5.32 Å². The minimum atomic E-state index is -0.186. The molecule has 2 N–H and O–H groups in total. The lowest BCUT2D eigenvalue weighted by Crippen LogP contribution is -2.51. The summed E-state index contributed by atoms with van der Waals surface area (Å²) in [6.45, 7) is 8.97. The van der Waals surface area contributed by atoms with Gasteiger partial charge in [0.25, 0.3) is 0 Å². The van der Waals surface area contributed by atoms with Gasteiger partial charge in [0.05, 0.1) is 6.10 Å². The molecule has 2 aliphatic rings. The highest BCUT2D eigenvalue weighted by molar-refractivity contribution is 5.85. The molecule has 0 saturated carbocycles. The minimum absolute atomic E-state index is 0. The first kappa shape index (κ1) is 16.2. The van der Waals surface area contributed by atoms with E-state index in [0.717, 1.165) is 18.3 Å². The summed E-state index contributed by atoms with van der Waals surface area (Å²) >= 11 is 0. The summed E-state index contributed by atoms with van der Waals surface area (Å²) in [6.07, 6.45) is 4.94. The Morgan fingerprint density at radius 3 is 2.78 bits per heavy atom. The van der Waals surface area contributed by atoms with Crippen molar-refractivity contribution in [1.82, 2.24) is 10.2 Å². The van der Waals surface area contributed by atoms with Crippen LogP contribution in [-0.4, -0.2) is 48.3 Å². The average Bonchev–Trinajstić information content (AvgIpc) is 2.32. The molecule has 0 spiro atoms. The van der Waals surface area contributed by atoms with Crippen LogP contribution in [0, 0.1) is 11.8 Å². The van der Waals surface area contributed by atoms with Crippen molar-refractivity contribution in [3.05, 3.63) is 0 Å². The Kier molecular flexibility index (Phi) is 6.93. The van der Waals surface area contributed by atoms with Gasteiger partial charge in [0, 0.05) is 12.6 Å². The van der Waals surface area contributed by atoms with E-state index in [1.54, 1.807) is 0 Å². The Labute approximate surface area is 118 Å². The highest BCUT2D eigenvalue weighted by atomic mass is 35.5. The summed E-state index contributed by atoms with van der Waals surface area (Å²) in [6, 6.07) is 0.390. The number of piperidine rings is 2. The molecule has 0 amide bonds. The van der Waals surface area contributed by atoms with Gasteiger partial charge in [0.1, 0.15) is 0 Å². The third-order valence-electron chi connectivity index (χ3n) is 4.47. The van der Waals surface area contributed by atoms with Gasteiger partial charge in [-0.25, -0.2) is 0 Å². The van der Waals surface area contributed by atoms with Crippen LogP contribution in [0.3, 0.4) is 0 Å². The van der Waals surface area contributed by atoms with Crippen molar-refractivity contribution in [3.8, 4) is 0 Å². The van der Waals surface area contributed by atoms with E-state index in [2.05, 4.69) is 17.1 Å². The average molecular weight is 277 g/mol. The van der Waals surface area contributed by atoms with Gasteiger partial charge in [-0.1, -0.05) is 6.92 Å². The second-order valence-corrected chi connectivity index (χ2v) is 6.14. The maximum atomic E-state index is 9.94. The van der Waals surface area contributed by atoms with Crippen molar-refractivity contribution < 1.29 is 5.11 Å². The van der Waals surface area contributed by atoms with E-state index in [1.807, 2.05) is 6.92 Å². The van der Waals surface area contributed by atoms with E-state index in [0.29, 0.717) is 6.04 Å². The third kappa shape index (κ3) is 4.37. The molecule has 0 aliphatic carbocycles. The molecule has 0 radical (unpaired) electrons. The van der Waals surface area contributed by atoms with Crippen LogP contribution in [0.5, 0.6) is 0 Å². The molecule has 0 aromatic heterocycles. The minimum Gasteiger partial charge on any atom is -0.392 e. The predicted molar refractivity (Wildman–Crippen MR) is 78.3 cm³/mol. The molecule has 2 rings (SSSR count). The van der Waals surface area contributed by atoms with Crippen molar-refractivity contribution in [2.75, 3.05) is 26.2 Å². The van der Waals surface area contributed by atoms with Gasteiger partial charge >= 0.3 is 0 Å². The molecule has 4 heteroatoms. The molecule has 2 heterocycles. The lowest BCUT2D eigenvalue weighted by atomic mass is 9.88. The van der Waals surface area contributed by atoms with E-state index in [-0.39, 0.29) is 18.5 Å². The van der Waals surface area contributed by atoms with Crippen LogP contribution in [0.2, 0.25) is 0 Å². The molecule has 0 aromatic carbocycles. The summed E-state index contributed by atoms with van der Waals surface area (Å²) in [5.41, 5.74) is 0. The fraction of sp³-hybridized carbons (Fsp3) is 1.00. The summed E-state index contributed by atoms with van der Waals surface area (Å²) in [4.78, 5) is 2.54. The molecule has 108 valence electrons. The lowest BCUT2D eigenvalue weighted by molar-refractivity contribution is 0.0105. The molecule has 2 saturated heterocycles. The van der Waals surface area contributed by atoms with Gasteiger partial charge in [-0.2, -0.15) is 0 Å². The number of rotatable bonds is 3. The van der Waals surface area contributed by atoms with E-state index < -0.39 is 0 Å². The highest BCUT2D eigenvalue weighted by Gasteiger charge is 2.31. The first-order valence-electron chi connectivity index (χ1n) is 7.29.